The number of halogens is 1. The van der Waals surface area contributed by atoms with E-state index in [2.05, 4.69) is 9.88 Å². The first-order valence-electron chi connectivity index (χ1n) is 12.4. The van der Waals surface area contributed by atoms with Crippen molar-refractivity contribution in [2.24, 2.45) is 0 Å². The Labute approximate surface area is 239 Å². The van der Waals surface area contributed by atoms with Gasteiger partial charge in [-0.1, -0.05) is 25.2 Å². The van der Waals surface area contributed by atoms with E-state index in [-0.39, 0.29) is 28.1 Å². The van der Waals surface area contributed by atoms with E-state index in [1.165, 1.54) is 46.0 Å². The normalized spacial score (nSPS) is 14.9. The number of carbonyl (C=O) groups excluding carboxylic acids is 1. The van der Waals surface area contributed by atoms with Crippen molar-refractivity contribution in [2.75, 3.05) is 63.6 Å². The Balaban J connectivity index is 0.00000420. The molecule has 2 aromatic carbocycles. The number of ether oxygens (including phenoxy) is 1. The van der Waals surface area contributed by atoms with E-state index in [1.807, 2.05) is 13.8 Å². The third kappa shape index (κ3) is 7.15. The lowest BCUT2D eigenvalue weighted by atomic mass is 10.2. The average molecular weight is 617 g/mol. The van der Waals surface area contributed by atoms with Crippen LogP contribution in [0.1, 0.15) is 24.2 Å². The maximum Gasteiger partial charge on any atom is 0.260 e. The number of anilines is 1. The zero-order valence-electron chi connectivity index (χ0n) is 22.1. The molecule has 1 aliphatic heterocycles. The predicted octanol–water partition coefficient (Wildman–Crippen LogP) is 3.13. The molecular formula is C25H33ClN4O6S3. The summed E-state index contributed by atoms with van der Waals surface area (Å²) in [5, 5.41) is 0.452. The van der Waals surface area contributed by atoms with Crippen LogP contribution in [0.25, 0.3) is 10.2 Å². The summed E-state index contributed by atoms with van der Waals surface area (Å²) in [4.78, 5) is 22.4. The molecule has 0 unspecified atom stereocenters. The van der Waals surface area contributed by atoms with Crippen LogP contribution >= 0.6 is 23.7 Å². The number of sulfone groups is 1. The van der Waals surface area contributed by atoms with Crippen LogP contribution in [0.15, 0.2) is 52.3 Å². The third-order valence-corrected chi connectivity index (χ3v) is 10.6. The van der Waals surface area contributed by atoms with Gasteiger partial charge in [0.25, 0.3) is 5.91 Å². The number of amides is 1. The fourth-order valence-electron chi connectivity index (χ4n) is 4.17. The van der Waals surface area contributed by atoms with E-state index in [4.69, 9.17) is 4.74 Å². The van der Waals surface area contributed by atoms with E-state index in [1.54, 1.807) is 17.0 Å². The fourth-order valence-corrected chi connectivity index (χ4v) is 7.32. The van der Waals surface area contributed by atoms with Crippen LogP contribution < -0.4 is 4.90 Å². The average Bonchev–Trinajstić information content (AvgIpc) is 3.34. The number of thiazole rings is 1. The van der Waals surface area contributed by atoms with E-state index < -0.39 is 19.9 Å². The number of aromatic nitrogens is 1. The lowest BCUT2D eigenvalue weighted by molar-refractivity contribution is 0.0730. The molecule has 0 radical (unpaired) electrons. The number of likely N-dealkylation sites (N-methyl/N-ethyl adjacent to an activating group) is 1. The topological polar surface area (TPSA) is 117 Å². The maximum atomic E-state index is 13.7. The lowest BCUT2D eigenvalue weighted by Crippen LogP contribution is -2.40. The zero-order valence-corrected chi connectivity index (χ0v) is 25.3. The molecule has 4 rings (SSSR count). The van der Waals surface area contributed by atoms with E-state index in [9.17, 15) is 21.6 Å². The fraction of sp³-hybridized carbons (Fsp3) is 0.440. The largest absolute Gasteiger partial charge is 0.379 e. The molecule has 1 fully saturated rings. The number of hydrogen-bond acceptors (Lipinski definition) is 9. The van der Waals surface area contributed by atoms with Crippen LogP contribution in [-0.2, 0) is 24.6 Å². The molecule has 0 spiro atoms. The minimum absolute atomic E-state index is 0. The summed E-state index contributed by atoms with van der Waals surface area (Å²) in [5.74, 6) is -0.310. The van der Waals surface area contributed by atoms with Gasteiger partial charge in [0.05, 0.1) is 33.2 Å². The Bertz CT molecular complexity index is 1500. The first kappa shape index (κ1) is 31.4. The minimum atomic E-state index is -3.68. The molecule has 0 saturated carbocycles. The van der Waals surface area contributed by atoms with Crippen molar-refractivity contribution in [2.45, 2.75) is 23.6 Å². The number of rotatable bonds is 10. The molecular weight excluding hydrogens is 584 g/mol. The Morgan fingerprint density at radius 2 is 1.59 bits per heavy atom. The van der Waals surface area contributed by atoms with Crippen molar-refractivity contribution in [3.8, 4) is 0 Å². The van der Waals surface area contributed by atoms with Crippen LogP contribution in [-0.4, -0.2) is 95.7 Å². The molecule has 14 heteroatoms. The second kappa shape index (κ2) is 13.0. The summed E-state index contributed by atoms with van der Waals surface area (Å²) in [6.07, 6.45) is 1.15. The summed E-state index contributed by atoms with van der Waals surface area (Å²) in [7, 11) is -7.06. The Hall–Kier alpha value is -2.13. The molecule has 10 nitrogen and oxygen atoms in total. The predicted molar refractivity (Wildman–Crippen MR) is 155 cm³/mol. The lowest BCUT2D eigenvalue weighted by Gasteiger charge is -2.26. The summed E-state index contributed by atoms with van der Waals surface area (Å²) < 4.78 is 57.3. The zero-order chi connectivity index (χ0) is 27.5. The standard InChI is InChI=1S/C25H32N4O6S3.ClH/c1-4-27(5-2)12-13-29(25-26-22-11-10-21(37(3,31)32)18-23(22)36-25)24(30)19-6-8-20(9-7-19)38(33,34)28-14-16-35-17-15-28;/h6-11,18H,4-5,12-17H2,1-3H3;1H. The molecule has 1 aliphatic rings. The number of fused-ring (bicyclic) bond motifs is 1. The monoisotopic (exact) mass is 616 g/mol. The van der Waals surface area contributed by atoms with Gasteiger partial charge in [-0.3, -0.25) is 9.69 Å². The molecule has 0 aliphatic carbocycles. The number of morpholine rings is 1. The number of benzene rings is 2. The molecule has 214 valence electrons. The highest BCUT2D eigenvalue weighted by Crippen LogP contribution is 2.31. The van der Waals surface area contributed by atoms with Gasteiger partial charge in [-0.25, -0.2) is 21.8 Å². The van der Waals surface area contributed by atoms with Crippen molar-refractivity contribution in [3.63, 3.8) is 0 Å². The van der Waals surface area contributed by atoms with Crippen LogP contribution in [0, 0.1) is 0 Å². The van der Waals surface area contributed by atoms with Crippen molar-refractivity contribution in [3.05, 3.63) is 48.0 Å². The number of carbonyl (C=O) groups is 1. The van der Waals surface area contributed by atoms with E-state index in [0.29, 0.717) is 60.3 Å². The Morgan fingerprint density at radius 3 is 2.18 bits per heavy atom. The minimum Gasteiger partial charge on any atom is -0.379 e. The van der Waals surface area contributed by atoms with Gasteiger partial charge in [-0.15, -0.1) is 12.4 Å². The van der Waals surface area contributed by atoms with Crippen molar-refractivity contribution < 1.29 is 26.4 Å². The van der Waals surface area contributed by atoms with Crippen LogP contribution in [0.4, 0.5) is 5.13 Å². The molecule has 0 N–H and O–H groups in total. The molecule has 39 heavy (non-hydrogen) atoms. The molecule has 3 aromatic rings. The summed E-state index contributed by atoms with van der Waals surface area (Å²) in [6, 6.07) is 10.7. The van der Waals surface area contributed by atoms with Crippen molar-refractivity contribution in [1.82, 2.24) is 14.2 Å². The molecule has 0 atom stereocenters. The van der Waals surface area contributed by atoms with Gasteiger partial charge in [0.15, 0.2) is 15.0 Å². The van der Waals surface area contributed by atoms with Gasteiger partial charge >= 0.3 is 0 Å². The first-order valence-corrected chi connectivity index (χ1v) is 16.5. The molecule has 0 bridgehead atoms. The highest BCUT2D eigenvalue weighted by Gasteiger charge is 2.27. The van der Waals surface area contributed by atoms with Crippen molar-refractivity contribution in [1.29, 1.82) is 0 Å². The van der Waals surface area contributed by atoms with Crippen LogP contribution in [0.3, 0.4) is 0 Å². The molecule has 1 aromatic heterocycles. The highest BCUT2D eigenvalue weighted by atomic mass is 35.5. The highest BCUT2D eigenvalue weighted by molar-refractivity contribution is 7.90. The van der Waals surface area contributed by atoms with Gasteiger partial charge in [-0.05, 0) is 55.6 Å². The smallest absolute Gasteiger partial charge is 0.260 e. The maximum absolute atomic E-state index is 13.7. The van der Waals surface area contributed by atoms with Gasteiger partial charge in [0.2, 0.25) is 10.0 Å². The van der Waals surface area contributed by atoms with Crippen LogP contribution in [0.5, 0.6) is 0 Å². The van der Waals surface area contributed by atoms with E-state index >= 15 is 0 Å². The van der Waals surface area contributed by atoms with Gasteiger partial charge in [0, 0.05) is 38.0 Å². The molecule has 1 saturated heterocycles. The Kier molecular flexibility index (Phi) is 10.5. The summed E-state index contributed by atoms with van der Waals surface area (Å²) in [5.41, 5.74) is 0.937. The quantitative estimate of drug-likeness (QED) is 0.341. The number of sulfonamides is 1. The number of hydrogen-bond donors (Lipinski definition) is 0. The first-order chi connectivity index (χ1) is 18.0. The summed E-state index contributed by atoms with van der Waals surface area (Å²) in [6.45, 7) is 8.02. The third-order valence-electron chi connectivity index (χ3n) is 6.50. The summed E-state index contributed by atoms with van der Waals surface area (Å²) >= 11 is 1.25. The Morgan fingerprint density at radius 1 is 0.974 bits per heavy atom. The van der Waals surface area contributed by atoms with Crippen LogP contribution in [0.2, 0.25) is 0 Å². The van der Waals surface area contributed by atoms with Gasteiger partial charge in [-0.2, -0.15) is 4.31 Å². The van der Waals surface area contributed by atoms with Crippen molar-refractivity contribution >= 4 is 64.9 Å². The van der Waals surface area contributed by atoms with E-state index in [0.717, 1.165) is 19.3 Å². The molecule has 1 amide bonds. The second-order valence-electron chi connectivity index (χ2n) is 8.92. The van der Waals surface area contributed by atoms with Gasteiger partial charge < -0.3 is 9.64 Å². The van der Waals surface area contributed by atoms with Gasteiger partial charge in [0.1, 0.15) is 0 Å². The molecule has 2 heterocycles. The second-order valence-corrected chi connectivity index (χ2v) is 13.9. The number of nitrogens with zero attached hydrogens (tertiary/aromatic N) is 4. The SMILES string of the molecule is CCN(CC)CCN(C(=O)c1ccc(S(=O)(=O)N2CCOCC2)cc1)c1nc2ccc(S(C)(=O)=O)cc2s1.Cl.